The summed E-state index contributed by atoms with van der Waals surface area (Å²) >= 11 is 5.93. The smallest absolute Gasteiger partial charge is 0.328 e. The van der Waals surface area contributed by atoms with E-state index in [2.05, 4.69) is 15.3 Å². The highest BCUT2D eigenvalue weighted by Gasteiger charge is 2.20. The third-order valence-electron chi connectivity index (χ3n) is 5.11. The number of aryl methyl sites for hydroxylation is 3. The van der Waals surface area contributed by atoms with Crippen molar-refractivity contribution in [1.29, 1.82) is 0 Å². The van der Waals surface area contributed by atoms with Crippen molar-refractivity contribution in [2.24, 2.45) is 0 Å². The molecule has 0 saturated carbocycles. The van der Waals surface area contributed by atoms with Crippen LogP contribution in [0, 0.1) is 13.8 Å². The molecule has 0 spiro atoms. The molecule has 0 atom stereocenters. The predicted molar refractivity (Wildman–Crippen MR) is 127 cm³/mol. The maximum atomic E-state index is 12.4. The van der Waals surface area contributed by atoms with Crippen molar-refractivity contribution in [2.75, 3.05) is 18.9 Å². The van der Waals surface area contributed by atoms with Crippen LogP contribution in [0.1, 0.15) is 30.4 Å². The third-order valence-corrected chi connectivity index (χ3v) is 6.94. The van der Waals surface area contributed by atoms with Gasteiger partial charge < -0.3 is 20.4 Å². The Bertz CT molecular complexity index is 1280. The van der Waals surface area contributed by atoms with Gasteiger partial charge in [0.05, 0.1) is 10.5 Å². The van der Waals surface area contributed by atoms with E-state index in [1.807, 2.05) is 30.1 Å². The third kappa shape index (κ3) is 5.55. The molecule has 0 aliphatic carbocycles. The number of carbonyl (C=O) groups excluding carboxylic acids is 1. The van der Waals surface area contributed by atoms with E-state index in [0.717, 1.165) is 16.8 Å². The molecule has 0 radical (unpaired) electrons. The lowest BCUT2D eigenvalue weighted by Gasteiger charge is -2.13. The number of nitrogens with one attached hydrogen (secondary N) is 2. The average molecular weight is 495 g/mol. The fourth-order valence-electron chi connectivity index (χ4n) is 3.41. The second-order valence-corrected chi connectivity index (χ2v) is 9.42. The van der Waals surface area contributed by atoms with Crippen molar-refractivity contribution < 1.29 is 17.9 Å². The highest BCUT2D eigenvalue weighted by molar-refractivity contribution is 7.90. The molecule has 2 aromatic heterocycles. The molecule has 0 bridgehead atoms. The van der Waals surface area contributed by atoms with E-state index < -0.39 is 16.1 Å². The van der Waals surface area contributed by atoms with Crippen LogP contribution in [0.3, 0.4) is 0 Å². The molecule has 33 heavy (non-hydrogen) atoms. The molecule has 0 fully saturated rings. The van der Waals surface area contributed by atoms with Gasteiger partial charge in [-0.25, -0.2) is 27.9 Å². The highest BCUT2D eigenvalue weighted by Crippen LogP contribution is 2.26. The quantitative estimate of drug-likeness (QED) is 0.388. The standard InChI is InChI=1S/C21H27ClN6O4S/c1-4-32-12-17-26-18-19(13(2)14(3)25-20(18)23)28(17)11-7-10-24-21(29)27-33(30,31)16-9-6-5-8-15(16)22/h5-6,8-9H,4,7,10-12H2,1-3H3,(H2,23,25)(H2,24,27,29). The van der Waals surface area contributed by atoms with Crippen LogP contribution < -0.4 is 15.8 Å². The second-order valence-electron chi connectivity index (χ2n) is 7.37. The van der Waals surface area contributed by atoms with Gasteiger partial charge in [0.15, 0.2) is 5.82 Å². The minimum Gasteiger partial charge on any atom is -0.382 e. The summed E-state index contributed by atoms with van der Waals surface area (Å²) in [6.07, 6.45) is 0.519. The largest absolute Gasteiger partial charge is 0.382 e. The number of ether oxygens (including phenoxy) is 1. The number of nitrogens with zero attached hydrogens (tertiary/aromatic N) is 3. The summed E-state index contributed by atoms with van der Waals surface area (Å²) in [4.78, 5) is 21.0. The second kappa shape index (κ2) is 10.4. The van der Waals surface area contributed by atoms with Crippen LogP contribution in [0.2, 0.25) is 5.02 Å². The van der Waals surface area contributed by atoms with Crippen molar-refractivity contribution >= 4 is 44.5 Å². The van der Waals surface area contributed by atoms with E-state index in [1.54, 1.807) is 6.07 Å². The van der Waals surface area contributed by atoms with Crippen molar-refractivity contribution in [3.05, 3.63) is 46.4 Å². The molecule has 12 heteroatoms. The van der Waals surface area contributed by atoms with E-state index in [4.69, 9.17) is 22.1 Å². The summed E-state index contributed by atoms with van der Waals surface area (Å²) in [5, 5.41) is 2.60. The van der Waals surface area contributed by atoms with E-state index in [1.165, 1.54) is 18.2 Å². The SMILES string of the molecule is CCOCc1nc2c(N)nc(C)c(C)c2n1CCCNC(=O)NS(=O)(=O)c1ccccc1Cl. The molecular formula is C21H27ClN6O4S. The fourth-order valence-corrected chi connectivity index (χ4v) is 4.86. The van der Waals surface area contributed by atoms with Gasteiger partial charge in [-0.2, -0.15) is 0 Å². The molecule has 2 amide bonds. The Hall–Kier alpha value is -2.89. The molecule has 4 N–H and O–H groups in total. The zero-order valence-electron chi connectivity index (χ0n) is 18.7. The number of aromatic nitrogens is 3. The molecule has 2 heterocycles. The van der Waals surface area contributed by atoms with Crippen molar-refractivity contribution in [1.82, 2.24) is 24.6 Å². The zero-order chi connectivity index (χ0) is 24.2. The van der Waals surface area contributed by atoms with Crippen molar-refractivity contribution in [2.45, 2.75) is 45.2 Å². The van der Waals surface area contributed by atoms with Gasteiger partial charge in [0, 0.05) is 25.4 Å². The first-order valence-electron chi connectivity index (χ1n) is 10.4. The zero-order valence-corrected chi connectivity index (χ0v) is 20.3. The molecule has 3 rings (SSSR count). The number of anilines is 1. The summed E-state index contributed by atoms with van der Waals surface area (Å²) in [6.45, 7) is 7.34. The first kappa shape index (κ1) is 24.7. The Labute approximate surface area is 197 Å². The van der Waals surface area contributed by atoms with Crippen LogP contribution in [0.5, 0.6) is 0 Å². The Balaban J connectivity index is 1.68. The lowest BCUT2D eigenvalue weighted by Crippen LogP contribution is -2.40. The summed E-state index contributed by atoms with van der Waals surface area (Å²) < 4.78 is 34.3. The number of hydrogen-bond donors (Lipinski definition) is 3. The van der Waals surface area contributed by atoms with Gasteiger partial charge in [0.1, 0.15) is 22.8 Å². The maximum absolute atomic E-state index is 12.4. The van der Waals surface area contributed by atoms with Crippen LogP contribution in [-0.4, -0.2) is 42.1 Å². The Morgan fingerprint density at radius 3 is 2.67 bits per heavy atom. The lowest BCUT2D eigenvalue weighted by atomic mass is 10.2. The summed E-state index contributed by atoms with van der Waals surface area (Å²) in [6, 6.07) is 5.07. The number of amides is 2. The number of fused-ring (bicyclic) bond motifs is 1. The number of rotatable bonds is 9. The van der Waals surface area contributed by atoms with E-state index >= 15 is 0 Å². The van der Waals surface area contributed by atoms with Crippen molar-refractivity contribution in [3.8, 4) is 0 Å². The molecule has 3 aromatic rings. The highest BCUT2D eigenvalue weighted by atomic mass is 35.5. The van der Waals surface area contributed by atoms with Crippen LogP contribution in [0.15, 0.2) is 29.2 Å². The van der Waals surface area contributed by atoms with Gasteiger partial charge >= 0.3 is 6.03 Å². The van der Waals surface area contributed by atoms with E-state index in [0.29, 0.717) is 43.3 Å². The minimum atomic E-state index is -4.08. The molecule has 0 unspecified atom stereocenters. The summed E-state index contributed by atoms with van der Waals surface area (Å²) in [5.74, 6) is 1.06. The van der Waals surface area contributed by atoms with Crippen LogP contribution in [-0.2, 0) is 27.9 Å². The number of sulfonamides is 1. The molecule has 1 aromatic carbocycles. The van der Waals surface area contributed by atoms with Gasteiger partial charge in [-0.1, -0.05) is 23.7 Å². The molecule has 10 nitrogen and oxygen atoms in total. The van der Waals surface area contributed by atoms with Gasteiger partial charge in [-0.15, -0.1) is 0 Å². The van der Waals surface area contributed by atoms with E-state index in [9.17, 15) is 13.2 Å². The van der Waals surface area contributed by atoms with Gasteiger partial charge in [-0.05, 0) is 44.9 Å². The van der Waals surface area contributed by atoms with Gasteiger partial charge in [0.25, 0.3) is 10.0 Å². The number of nitrogen functional groups attached to an aromatic ring is 1. The molecule has 0 aliphatic rings. The number of benzene rings is 1. The van der Waals surface area contributed by atoms with Gasteiger partial charge in [-0.3, -0.25) is 0 Å². The van der Waals surface area contributed by atoms with E-state index in [-0.39, 0.29) is 16.5 Å². The van der Waals surface area contributed by atoms with Crippen LogP contribution in [0.25, 0.3) is 11.0 Å². The summed E-state index contributed by atoms with van der Waals surface area (Å²) in [7, 11) is -4.08. The Morgan fingerprint density at radius 1 is 1.24 bits per heavy atom. The number of urea groups is 1. The molecule has 0 saturated heterocycles. The molecular weight excluding hydrogens is 468 g/mol. The Kier molecular flexibility index (Phi) is 7.77. The number of hydrogen-bond acceptors (Lipinski definition) is 7. The number of halogens is 1. The first-order valence-corrected chi connectivity index (χ1v) is 12.3. The number of nitrogens with two attached hydrogens (primary N) is 1. The first-order chi connectivity index (χ1) is 15.7. The lowest BCUT2D eigenvalue weighted by molar-refractivity contribution is 0.126. The molecule has 178 valence electrons. The fraction of sp³-hybridized carbons (Fsp3) is 0.381. The Morgan fingerprint density at radius 2 is 1.97 bits per heavy atom. The topological polar surface area (TPSA) is 141 Å². The predicted octanol–water partition coefficient (Wildman–Crippen LogP) is 2.90. The average Bonchev–Trinajstić information content (AvgIpc) is 3.12. The van der Waals surface area contributed by atoms with Gasteiger partial charge in [0.2, 0.25) is 0 Å². The number of carbonyl (C=O) groups is 1. The minimum absolute atomic E-state index is 0.0334. The normalized spacial score (nSPS) is 11.6. The molecule has 0 aliphatic heterocycles. The van der Waals surface area contributed by atoms with Crippen molar-refractivity contribution in [3.63, 3.8) is 0 Å². The van der Waals surface area contributed by atoms with Crippen LogP contribution >= 0.6 is 11.6 Å². The number of imidazole rings is 1. The summed E-state index contributed by atoms with van der Waals surface area (Å²) in [5.41, 5.74) is 9.36. The number of pyridine rings is 1. The maximum Gasteiger partial charge on any atom is 0.328 e. The van der Waals surface area contributed by atoms with Crippen LogP contribution in [0.4, 0.5) is 10.6 Å². The monoisotopic (exact) mass is 494 g/mol.